The standard InChI is InChI=1S/C15H16N2O3S/c1-2-21-12-5-3-4-9-10(12)8-17(15(9)20)11-6-7-13(18)16-14(11)19/h3-5,11H,2,6-8H2,1H3,(H,16,18,19). The molecule has 1 aromatic carbocycles. The lowest BCUT2D eigenvalue weighted by Crippen LogP contribution is -2.52. The van der Waals surface area contributed by atoms with Crippen molar-refractivity contribution in [3.05, 3.63) is 29.3 Å². The van der Waals surface area contributed by atoms with Gasteiger partial charge < -0.3 is 4.90 Å². The van der Waals surface area contributed by atoms with Gasteiger partial charge in [-0.2, -0.15) is 0 Å². The number of nitrogens with zero attached hydrogens (tertiary/aromatic N) is 1. The second kappa shape index (κ2) is 5.52. The maximum atomic E-state index is 12.5. The molecule has 0 saturated carbocycles. The Morgan fingerprint density at radius 3 is 2.86 bits per heavy atom. The number of carbonyl (C=O) groups is 3. The number of rotatable bonds is 3. The van der Waals surface area contributed by atoms with Crippen molar-refractivity contribution in [2.75, 3.05) is 5.75 Å². The van der Waals surface area contributed by atoms with Gasteiger partial charge in [0.1, 0.15) is 6.04 Å². The highest BCUT2D eigenvalue weighted by Gasteiger charge is 2.39. The van der Waals surface area contributed by atoms with Gasteiger partial charge in [-0.25, -0.2) is 0 Å². The first kappa shape index (κ1) is 14.1. The molecule has 2 aliphatic heterocycles. The minimum Gasteiger partial charge on any atom is -0.322 e. The molecule has 0 spiro atoms. The number of piperidine rings is 1. The van der Waals surface area contributed by atoms with E-state index in [9.17, 15) is 14.4 Å². The fourth-order valence-corrected chi connectivity index (χ4v) is 3.68. The first-order valence-electron chi connectivity index (χ1n) is 7.01. The zero-order chi connectivity index (χ0) is 15.0. The van der Waals surface area contributed by atoms with E-state index in [0.29, 0.717) is 18.5 Å². The van der Waals surface area contributed by atoms with Gasteiger partial charge in [0.05, 0.1) is 0 Å². The number of nitrogens with one attached hydrogen (secondary N) is 1. The summed E-state index contributed by atoms with van der Waals surface area (Å²) in [7, 11) is 0. The lowest BCUT2D eigenvalue weighted by molar-refractivity contribution is -0.136. The number of thioether (sulfide) groups is 1. The fourth-order valence-electron chi connectivity index (χ4n) is 2.85. The van der Waals surface area contributed by atoms with E-state index in [0.717, 1.165) is 16.2 Å². The molecule has 1 atom stereocenters. The molecule has 1 N–H and O–H groups in total. The van der Waals surface area contributed by atoms with Crippen LogP contribution >= 0.6 is 11.8 Å². The number of fused-ring (bicyclic) bond motifs is 1. The summed E-state index contributed by atoms with van der Waals surface area (Å²) in [6, 6.07) is 5.15. The Kier molecular flexibility index (Phi) is 3.71. The van der Waals surface area contributed by atoms with Gasteiger partial charge in [0.25, 0.3) is 5.91 Å². The van der Waals surface area contributed by atoms with Crippen LogP contribution in [0.25, 0.3) is 0 Å². The number of hydrogen-bond acceptors (Lipinski definition) is 4. The van der Waals surface area contributed by atoms with Crippen LogP contribution in [0, 0.1) is 0 Å². The van der Waals surface area contributed by atoms with Gasteiger partial charge in [0.15, 0.2) is 0 Å². The van der Waals surface area contributed by atoms with Crippen LogP contribution in [0.4, 0.5) is 0 Å². The highest BCUT2D eigenvalue weighted by molar-refractivity contribution is 7.99. The Bertz CT molecular complexity index is 629. The van der Waals surface area contributed by atoms with Crippen LogP contribution in [-0.4, -0.2) is 34.4 Å². The maximum absolute atomic E-state index is 12.5. The largest absolute Gasteiger partial charge is 0.322 e. The molecule has 21 heavy (non-hydrogen) atoms. The second-order valence-electron chi connectivity index (χ2n) is 5.12. The van der Waals surface area contributed by atoms with E-state index in [1.807, 2.05) is 18.2 Å². The molecule has 110 valence electrons. The molecule has 2 aliphatic rings. The number of amides is 3. The second-order valence-corrected chi connectivity index (χ2v) is 6.42. The van der Waals surface area contributed by atoms with Gasteiger partial charge >= 0.3 is 0 Å². The predicted octanol–water partition coefficient (Wildman–Crippen LogP) is 1.56. The molecule has 2 heterocycles. The molecule has 1 unspecified atom stereocenters. The zero-order valence-electron chi connectivity index (χ0n) is 11.7. The molecule has 1 fully saturated rings. The summed E-state index contributed by atoms with van der Waals surface area (Å²) in [5.41, 5.74) is 1.68. The molecular weight excluding hydrogens is 288 g/mol. The summed E-state index contributed by atoms with van der Waals surface area (Å²) < 4.78 is 0. The summed E-state index contributed by atoms with van der Waals surface area (Å²) in [6.45, 7) is 2.52. The fraction of sp³-hybridized carbons (Fsp3) is 0.400. The van der Waals surface area contributed by atoms with E-state index in [2.05, 4.69) is 12.2 Å². The number of benzene rings is 1. The van der Waals surface area contributed by atoms with Crippen LogP contribution in [0.3, 0.4) is 0 Å². The SMILES string of the molecule is CCSc1cccc2c1CN(C1CCC(=O)NC1=O)C2=O. The quantitative estimate of drug-likeness (QED) is 0.680. The highest BCUT2D eigenvalue weighted by atomic mass is 32.2. The third kappa shape index (κ3) is 2.44. The van der Waals surface area contributed by atoms with Crippen molar-refractivity contribution in [1.29, 1.82) is 0 Å². The van der Waals surface area contributed by atoms with Gasteiger partial charge in [-0.1, -0.05) is 13.0 Å². The molecule has 3 amide bonds. The van der Waals surface area contributed by atoms with Gasteiger partial charge in [-0.15, -0.1) is 11.8 Å². The Hall–Kier alpha value is -1.82. The van der Waals surface area contributed by atoms with Gasteiger partial charge in [0, 0.05) is 23.4 Å². The van der Waals surface area contributed by atoms with Crippen molar-refractivity contribution in [3.8, 4) is 0 Å². The van der Waals surface area contributed by atoms with Crippen LogP contribution < -0.4 is 5.32 Å². The third-order valence-electron chi connectivity index (χ3n) is 3.84. The first-order chi connectivity index (χ1) is 10.1. The van der Waals surface area contributed by atoms with E-state index < -0.39 is 6.04 Å². The average molecular weight is 304 g/mol. The number of hydrogen-bond donors (Lipinski definition) is 1. The van der Waals surface area contributed by atoms with Gasteiger partial charge in [-0.05, 0) is 29.9 Å². The molecule has 6 heteroatoms. The van der Waals surface area contributed by atoms with Crippen LogP contribution in [0.2, 0.25) is 0 Å². The topological polar surface area (TPSA) is 66.5 Å². The van der Waals surface area contributed by atoms with Crippen molar-refractivity contribution in [1.82, 2.24) is 10.2 Å². The molecule has 5 nitrogen and oxygen atoms in total. The molecule has 0 aromatic heterocycles. The van der Waals surface area contributed by atoms with Gasteiger partial charge in [0.2, 0.25) is 11.8 Å². The third-order valence-corrected chi connectivity index (χ3v) is 4.82. The molecule has 1 saturated heterocycles. The molecule has 1 aromatic rings. The van der Waals surface area contributed by atoms with Crippen molar-refractivity contribution in [3.63, 3.8) is 0 Å². The van der Waals surface area contributed by atoms with Crippen LogP contribution in [0.1, 0.15) is 35.7 Å². The molecule has 0 radical (unpaired) electrons. The summed E-state index contributed by atoms with van der Waals surface area (Å²) in [4.78, 5) is 38.4. The van der Waals surface area contributed by atoms with E-state index in [4.69, 9.17) is 0 Å². The number of carbonyl (C=O) groups excluding carboxylic acids is 3. The first-order valence-corrected chi connectivity index (χ1v) is 7.99. The zero-order valence-corrected chi connectivity index (χ0v) is 12.5. The smallest absolute Gasteiger partial charge is 0.255 e. The van der Waals surface area contributed by atoms with Crippen LogP contribution in [0.15, 0.2) is 23.1 Å². The minimum atomic E-state index is -0.540. The van der Waals surface area contributed by atoms with Gasteiger partial charge in [-0.3, -0.25) is 19.7 Å². The minimum absolute atomic E-state index is 0.113. The molecule has 0 aliphatic carbocycles. The van der Waals surface area contributed by atoms with Crippen molar-refractivity contribution >= 4 is 29.5 Å². The lowest BCUT2D eigenvalue weighted by Gasteiger charge is -2.29. The summed E-state index contributed by atoms with van der Waals surface area (Å²) in [6.07, 6.45) is 0.688. The Labute approximate surface area is 127 Å². The molecule has 0 bridgehead atoms. The van der Waals surface area contributed by atoms with E-state index in [1.165, 1.54) is 0 Å². The maximum Gasteiger partial charge on any atom is 0.255 e. The van der Waals surface area contributed by atoms with Crippen LogP contribution in [-0.2, 0) is 16.1 Å². The molecular formula is C15H16N2O3S. The normalized spacial score (nSPS) is 21.5. The molecule has 3 rings (SSSR count). The average Bonchev–Trinajstić information content (AvgIpc) is 2.78. The highest BCUT2D eigenvalue weighted by Crippen LogP contribution is 2.34. The lowest BCUT2D eigenvalue weighted by atomic mass is 10.0. The summed E-state index contributed by atoms with van der Waals surface area (Å²) >= 11 is 1.70. The summed E-state index contributed by atoms with van der Waals surface area (Å²) in [5, 5.41) is 2.32. The van der Waals surface area contributed by atoms with Crippen molar-refractivity contribution < 1.29 is 14.4 Å². The Morgan fingerprint density at radius 1 is 1.33 bits per heavy atom. The Morgan fingerprint density at radius 2 is 2.14 bits per heavy atom. The monoisotopic (exact) mass is 304 g/mol. The predicted molar refractivity (Wildman–Crippen MR) is 78.9 cm³/mol. The van der Waals surface area contributed by atoms with E-state index in [-0.39, 0.29) is 24.1 Å². The van der Waals surface area contributed by atoms with Crippen LogP contribution in [0.5, 0.6) is 0 Å². The van der Waals surface area contributed by atoms with Crippen molar-refractivity contribution in [2.45, 2.75) is 37.2 Å². The Balaban J connectivity index is 1.88. The summed E-state index contributed by atoms with van der Waals surface area (Å²) in [5.74, 6) is 0.195. The van der Waals surface area contributed by atoms with E-state index in [1.54, 1.807) is 16.7 Å². The number of imide groups is 1. The van der Waals surface area contributed by atoms with E-state index >= 15 is 0 Å². The van der Waals surface area contributed by atoms with Crippen molar-refractivity contribution in [2.24, 2.45) is 0 Å².